The number of rotatable bonds is 9. The SMILES string of the molecule is CCCCC(NC(=O)NC(C)CCSC)C(=O)O. The standard InChI is InChI=1S/C12H24N2O3S/c1-4-5-6-10(11(15)16)14-12(17)13-9(2)7-8-18-3/h9-10H,4-8H2,1-3H3,(H,15,16)(H2,13,14,17). The minimum atomic E-state index is -0.977. The van der Waals surface area contributed by atoms with Crippen LogP contribution in [0.1, 0.15) is 39.5 Å². The number of thioether (sulfide) groups is 1. The second-order valence-electron chi connectivity index (χ2n) is 4.33. The second kappa shape index (κ2) is 10.1. The van der Waals surface area contributed by atoms with Crippen molar-refractivity contribution in [2.24, 2.45) is 0 Å². The van der Waals surface area contributed by atoms with Crippen LogP contribution in [-0.4, -0.2) is 41.2 Å². The zero-order chi connectivity index (χ0) is 14.0. The molecule has 2 unspecified atom stereocenters. The third kappa shape index (κ3) is 8.22. The van der Waals surface area contributed by atoms with Crippen LogP contribution in [0, 0.1) is 0 Å². The summed E-state index contributed by atoms with van der Waals surface area (Å²) in [6.07, 6.45) is 5.06. The smallest absolute Gasteiger partial charge is 0.326 e. The maximum absolute atomic E-state index is 11.6. The first-order chi connectivity index (χ1) is 8.51. The number of urea groups is 1. The van der Waals surface area contributed by atoms with Crippen molar-refractivity contribution in [1.29, 1.82) is 0 Å². The lowest BCUT2D eigenvalue weighted by molar-refractivity contribution is -0.139. The minimum absolute atomic E-state index is 0.0538. The number of carboxylic acid groups (broad SMARTS) is 1. The average Bonchev–Trinajstić information content (AvgIpc) is 2.31. The Morgan fingerprint density at radius 1 is 1.28 bits per heavy atom. The Balaban J connectivity index is 4.04. The zero-order valence-electron chi connectivity index (χ0n) is 11.4. The van der Waals surface area contributed by atoms with E-state index < -0.39 is 18.0 Å². The van der Waals surface area contributed by atoms with Gasteiger partial charge in [-0.05, 0) is 31.8 Å². The van der Waals surface area contributed by atoms with Crippen molar-refractivity contribution in [2.45, 2.75) is 51.6 Å². The van der Waals surface area contributed by atoms with Gasteiger partial charge in [-0.1, -0.05) is 19.8 Å². The Hall–Kier alpha value is -0.910. The van der Waals surface area contributed by atoms with E-state index in [2.05, 4.69) is 10.6 Å². The van der Waals surface area contributed by atoms with Crippen molar-refractivity contribution >= 4 is 23.8 Å². The Labute approximate surface area is 113 Å². The van der Waals surface area contributed by atoms with Crippen LogP contribution in [0.25, 0.3) is 0 Å². The lowest BCUT2D eigenvalue weighted by Gasteiger charge is -2.18. The summed E-state index contributed by atoms with van der Waals surface area (Å²) in [6, 6.07) is -1.14. The number of hydrogen-bond acceptors (Lipinski definition) is 3. The number of unbranched alkanes of at least 4 members (excludes halogenated alkanes) is 1. The van der Waals surface area contributed by atoms with E-state index in [9.17, 15) is 9.59 Å². The second-order valence-corrected chi connectivity index (χ2v) is 5.32. The van der Waals surface area contributed by atoms with E-state index >= 15 is 0 Å². The summed E-state index contributed by atoms with van der Waals surface area (Å²) in [5.74, 6) is -0.00465. The Kier molecular flexibility index (Phi) is 9.55. The van der Waals surface area contributed by atoms with Crippen LogP contribution in [0.2, 0.25) is 0 Å². The summed E-state index contributed by atoms with van der Waals surface area (Å²) < 4.78 is 0. The van der Waals surface area contributed by atoms with Gasteiger partial charge in [0.25, 0.3) is 0 Å². The Morgan fingerprint density at radius 3 is 2.44 bits per heavy atom. The maximum atomic E-state index is 11.6. The fraction of sp³-hybridized carbons (Fsp3) is 0.833. The monoisotopic (exact) mass is 276 g/mol. The van der Waals surface area contributed by atoms with Crippen molar-refractivity contribution in [3.8, 4) is 0 Å². The lowest BCUT2D eigenvalue weighted by atomic mass is 10.1. The topological polar surface area (TPSA) is 78.4 Å². The van der Waals surface area contributed by atoms with Gasteiger partial charge in [0.1, 0.15) is 6.04 Å². The molecule has 0 fully saturated rings. The molecule has 0 heterocycles. The quantitative estimate of drug-likeness (QED) is 0.602. The summed E-state index contributed by atoms with van der Waals surface area (Å²) in [5, 5.41) is 14.2. The summed E-state index contributed by atoms with van der Waals surface area (Å²) in [5.41, 5.74) is 0. The molecule has 0 bridgehead atoms. The lowest BCUT2D eigenvalue weighted by Crippen LogP contribution is -2.48. The highest BCUT2D eigenvalue weighted by Gasteiger charge is 2.19. The fourth-order valence-corrected chi connectivity index (χ4v) is 2.05. The molecule has 0 aliphatic rings. The molecule has 106 valence electrons. The molecule has 0 aliphatic heterocycles. The number of carbonyl (C=O) groups is 2. The van der Waals surface area contributed by atoms with Crippen LogP contribution in [-0.2, 0) is 4.79 Å². The third-order valence-corrected chi connectivity index (χ3v) is 3.23. The number of carbonyl (C=O) groups excluding carboxylic acids is 1. The molecule has 2 atom stereocenters. The summed E-state index contributed by atoms with van der Waals surface area (Å²) in [4.78, 5) is 22.6. The molecule has 0 spiro atoms. The Morgan fingerprint density at radius 2 is 1.94 bits per heavy atom. The first-order valence-electron chi connectivity index (χ1n) is 6.30. The zero-order valence-corrected chi connectivity index (χ0v) is 12.2. The van der Waals surface area contributed by atoms with Gasteiger partial charge in [-0.15, -0.1) is 0 Å². The van der Waals surface area contributed by atoms with Crippen molar-refractivity contribution in [1.82, 2.24) is 10.6 Å². The molecule has 5 nitrogen and oxygen atoms in total. The van der Waals surface area contributed by atoms with Crippen LogP contribution in [0.15, 0.2) is 0 Å². The molecular weight excluding hydrogens is 252 g/mol. The minimum Gasteiger partial charge on any atom is -0.480 e. The van der Waals surface area contributed by atoms with Crippen LogP contribution >= 0.6 is 11.8 Å². The highest BCUT2D eigenvalue weighted by molar-refractivity contribution is 7.98. The van der Waals surface area contributed by atoms with Gasteiger partial charge in [0.15, 0.2) is 0 Å². The van der Waals surface area contributed by atoms with Gasteiger partial charge in [-0.3, -0.25) is 0 Å². The normalized spacial score (nSPS) is 13.7. The van der Waals surface area contributed by atoms with E-state index in [1.165, 1.54) is 0 Å². The van der Waals surface area contributed by atoms with E-state index in [-0.39, 0.29) is 6.04 Å². The van der Waals surface area contributed by atoms with Crippen LogP contribution in [0.4, 0.5) is 4.79 Å². The number of carboxylic acids is 1. The molecule has 0 aromatic carbocycles. The van der Waals surface area contributed by atoms with Gasteiger partial charge in [-0.25, -0.2) is 9.59 Å². The molecule has 3 N–H and O–H groups in total. The number of nitrogens with one attached hydrogen (secondary N) is 2. The number of aliphatic carboxylic acids is 1. The van der Waals surface area contributed by atoms with Crippen LogP contribution in [0.3, 0.4) is 0 Å². The van der Waals surface area contributed by atoms with Crippen LogP contribution < -0.4 is 10.6 Å². The maximum Gasteiger partial charge on any atom is 0.326 e. The first-order valence-corrected chi connectivity index (χ1v) is 7.69. The highest BCUT2D eigenvalue weighted by atomic mass is 32.2. The van der Waals surface area contributed by atoms with Crippen molar-refractivity contribution in [3.63, 3.8) is 0 Å². The molecule has 18 heavy (non-hydrogen) atoms. The molecule has 0 aromatic heterocycles. The van der Waals surface area contributed by atoms with Gasteiger partial charge in [0.2, 0.25) is 0 Å². The molecule has 0 aliphatic carbocycles. The van der Waals surface area contributed by atoms with Gasteiger partial charge in [0, 0.05) is 6.04 Å². The van der Waals surface area contributed by atoms with Gasteiger partial charge in [-0.2, -0.15) is 11.8 Å². The molecule has 0 aromatic rings. The summed E-state index contributed by atoms with van der Waals surface area (Å²) in [6.45, 7) is 3.90. The largest absolute Gasteiger partial charge is 0.480 e. The van der Waals surface area contributed by atoms with Crippen molar-refractivity contribution < 1.29 is 14.7 Å². The number of amides is 2. The van der Waals surface area contributed by atoms with E-state index in [0.717, 1.165) is 25.0 Å². The first kappa shape index (κ1) is 17.1. The van der Waals surface area contributed by atoms with E-state index in [1.807, 2.05) is 20.1 Å². The molecular formula is C12H24N2O3S. The third-order valence-electron chi connectivity index (χ3n) is 2.58. The van der Waals surface area contributed by atoms with E-state index in [4.69, 9.17) is 5.11 Å². The van der Waals surface area contributed by atoms with E-state index in [0.29, 0.717) is 6.42 Å². The summed E-state index contributed by atoms with van der Waals surface area (Å²) in [7, 11) is 0. The van der Waals surface area contributed by atoms with Crippen molar-refractivity contribution in [2.75, 3.05) is 12.0 Å². The van der Waals surface area contributed by atoms with Crippen LogP contribution in [0.5, 0.6) is 0 Å². The number of hydrogen-bond donors (Lipinski definition) is 3. The van der Waals surface area contributed by atoms with Gasteiger partial charge in [0.05, 0.1) is 0 Å². The van der Waals surface area contributed by atoms with E-state index in [1.54, 1.807) is 11.8 Å². The average molecular weight is 276 g/mol. The molecule has 2 amide bonds. The molecule has 0 saturated heterocycles. The molecule has 0 radical (unpaired) electrons. The van der Waals surface area contributed by atoms with Crippen molar-refractivity contribution in [3.05, 3.63) is 0 Å². The van der Waals surface area contributed by atoms with Gasteiger partial charge >= 0.3 is 12.0 Å². The van der Waals surface area contributed by atoms with Gasteiger partial charge < -0.3 is 15.7 Å². The Bertz CT molecular complexity index is 262. The fourth-order valence-electron chi connectivity index (χ4n) is 1.46. The predicted molar refractivity (Wildman–Crippen MR) is 75.1 cm³/mol. The predicted octanol–water partition coefficient (Wildman–Crippen LogP) is 2.07. The highest BCUT2D eigenvalue weighted by Crippen LogP contribution is 2.02. The molecule has 6 heteroatoms. The molecule has 0 rings (SSSR count). The molecule has 0 saturated carbocycles. The summed E-state index contributed by atoms with van der Waals surface area (Å²) >= 11 is 1.72.